The first-order chi connectivity index (χ1) is 16.4. The normalized spacial score (nSPS) is 32.4. The van der Waals surface area contributed by atoms with Crippen LogP contribution in [0.15, 0.2) is 12.1 Å². The minimum absolute atomic E-state index is 0.172. The number of rotatable bonds is 5. The fraction of sp³-hybridized carbons (Fsp3) is 0.704. The number of carbonyl (C=O) groups is 1. The maximum Gasteiger partial charge on any atom is 0.256 e. The molecule has 3 N–H and O–H groups in total. The van der Waals surface area contributed by atoms with Crippen molar-refractivity contribution in [3.8, 4) is 11.8 Å². The first-order valence-corrected chi connectivity index (χ1v) is 12.8. The Bertz CT molecular complexity index is 934. The summed E-state index contributed by atoms with van der Waals surface area (Å²) in [5, 5.41) is 16.8. The number of likely N-dealkylation sites (tertiary alicyclic amines) is 1. The minimum Gasteiger partial charge on any atom is -0.491 e. The molecule has 5 unspecified atom stereocenters. The fourth-order valence-corrected chi connectivity index (χ4v) is 6.83. The lowest BCUT2D eigenvalue weighted by atomic mass is 9.53. The van der Waals surface area contributed by atoms with Gasteiger partial charge in [-0.05, 0) is 92.6 Å². The molecule has 5 rings (SSSR count). The lowest BCUT2D eigenvalue weighted by Crippen LogP contribution is -2.49. The number of carbonyl (C=O) groups excluding carboxylic acids is 1. The third kappa shape index (κ3) is 4.67. The van der Waals surface area contributed by atoms with E-state index in [9.17, 15) is 10.1 Å². The molecule has 1 heterocycles. The summed E-state index contributed by atoms with van der Waals surface area (Å²) in [5.74, 6) is 5.64. The molecule has 0 radical (unpaired) electrons. The fourth-order valence-electron chi connectivity index (χ4n) is 6.83. The summed E-state index contributed by atoms with van der Waals surface area (Å²) >= 11 is 0. The van der Waals surface area contributed by atoms with Crippen LogP contribution in [-0.4, -0.2) is 35.7 Å². The number of fused-ring (bicyclic) bond motifs is 2. The van der Waals surface area contributed by atoms with Crippen molar-refractivity contribution >= 4 is 5.91 Å². The SMILES string of the molecule is CC1CC2CC(C)C(C#N)(COc3cc(F)c(C(=O)N4CCCC4)cc3C3CC3)C(C1)C2.NO. The van der Waals surface area contributed by atoms with E-state index >= 15 is 4.39 Å². The van der Waals surface area contributed by atoms with Crippen molar-refractivity contribution in [3.63, 3.8) is 0 Å². The number of benzene rings is 1. The molecule has 3 aliphatic carbocycles. The number of nitrogens with two attached hydrogens (primary N) is 1. The molecule has 34 heavy (non-hydrogen) atoms. The van der Waals surface area contributed by atoms with E-state index in [0.717, 1.165) is 56.4 Å². The van der Waals surface area contributed by atoms with Gasteiger partial charge in [0.05, 0.1) is 17.0 Å². The summed E-state index contributed by atoms with van der Waals surface area (Å²) in [6.07, 6.45) is 8.58. The molecule has 1 aliphatic heterocycles. The smallest absolute Gasteiger partial charge is 0.256 e. The Morgan fingerprint density at radius 3 is 2.56 bits per heavy atom. The minimum atomic E-state index is -0.521. The molecule has 0 aromatic heterocycles. The highest BCUT2D eigenvalue weighted by molar-refractivity contribution is 5.95. The van der Waals surface area contributed by atoms with Gasteiger partial charge in [0.2, 0.25) is 0 Å². The zero-order chi connectivity index (χ0) is 24.5. The Kier molecular flexibility index (Phi) is 7.49. The van der Waals surface area contributed by atoms with Gasteiger partial charge in [-0.1, -0.05) is 13.8 Å². The zero-order valence-corrected chi connectivity index (χ0v) is 20.4. The molecule has 0 spiro atoms. The number of hydrogen-bond acceptors (Lipinski definition) is 5. The zero-order valence-electron chi connectivity index (χ0n) is 20.4. The number of halogens is 1. The van der Waals surface area contributed by atoms with Crippen LogP contribution in [0.25, 0.3) is 0 Å². The molecular weight excluding hydrogens is 433 g/mol. The van der Waals surface area contributed by atoms with Gasteiger partial charge in [-0.15, -0.1) is 0 Å². The van der Waals surface area contributed by atoms with Gasteiger partial charge in [-0.2, -0.15) is 5.26 Å². The van der Waals surface area contributed by atoms with Crippen LogP contribution in [0.2, 0.25) is 0 Å². The van der Waals surface area contributed by atoms with Crippen molar-refractivity contribution in [1.82, 2.24) is 4.90 Å². The molecular formula is C27H38FN3O3. The number of nitriles is 1. The first kappa shape index (κ1) is 24.9. The Morgan fingerprint density at radius 1 is 1.21 bits per heavy atom. The van der Waals surface area contributed by atoms with E-state index in [4.69, 9.17) is 9.94 Å². The Labute approximate surface area is 202 Å². The summed E-state index contributed by atoms with van der Waals surface area (Å²) in [7, 11) is 0. The van der Waals surface area contributed by atoms with Gasteiger partial charge in [0.1, 0.15) is 18.2 Å². The van der Waals surface area contributed by atoms with E-state index in [0.29, 0.717) is 43.2 Å². The highest BCUT2D eigenvalue weighted by Crippen LogP contribution is 2.55. The van der Waals surface area contributed by atoms with Crippen molar-refractivity contribution in [1.29, 1.82) is 5.26 Å². The predicted molar refractivity (Wildman–Crippen MR) is 127 cm³/mol. The molecule has 2 bridgehead atoms. The average Bonchev–Trinajstić information content (AvgIpc) is 3.52. The van der Waals surface area contributed by atoms with Gasteiger partial charge in [0.25, 0.3) is 5.91 Å². The van der Waals surface area contributed by atoms with Crippen LogP contribution in [0.1, 0.15) is 87.1 Å². The van der Waals surface area contributed by atoms with Crippen LogP contribution in [0, 0.1) is 46.2 Å². The summed E-state index contributed by atoms with van der Waals surface area (Å²) in [6, 6.07) is 5.84. The lowest BCUT2D eigenvalue weighted by Gasteiger charge is -2.50. The third-order valence-electron chi connectivity index (χ3n) is 8.75. The first-order valence-electron chi connectivity index (χ1n) is 12.8. The van der Waals surface area contributed by atoms with Crippen LogP contribution in [0.3, 0.4) is 0 Å². The van der Waals surface area contributed by atoms with Crippen LogP contribution in [0.5, 0.6) is 5.75 Å². The monoisotopic (exact) mass is 471 g/mol. The van der Waals surface area contributed by atoms with Crippen molar-refractivity contribution < 1.29 is 19.1 Å². The molecule has 186 valence electrons. The maximum absolute atomic E-state index is 15.1. The standard InChI is InChI=1S/C27H35FN2O2.H3NO/c1-17-9-19-11-18(2)27(15-29,21(10-17)12-19)16-32-25-14-24(28)23(13-22(25)20-5-6-20)26(31)30-7-3-4-8-30;1-2/h13-14,17-21H,3-12,16H2,1-2H3;2H,1H2. The molecule has 4 fully saturated rings. The molecule has 6 nitrogen and oxygen atoms in total. The predicted octanol–water partition coefficient (Wildman–Crippen LogP) is 5.25. The third-order valence-corrected chi connectivity index (χ3v) is 8.75. The summed E-state index contributed by atoms with van der Waals surface area (Å²) in [6.45, 7) is 6.22. The van der Waals surface area contributed by atoms with E-state index in [-0.39, 0.29) is 17.4 Å². The molecule has 1 saturated heterocycles. The van der Waals surface area contributed by atoms with Crippen LogP contribution in [0.4, 0.5) is 4.39 Å². The quantitative estimate of drug-likeness (QED) is 0.571. The second-order valence-corrected chi connectivity index (χ2v) is 11.1. The Balaban J connectivity index is 0.00000133. The molecule has 1 aromatic carbocycles. The van der Waals surface area contributed by atoms with Crippen molar-refractivity contribution in [3.05, 3.63) is 29.1 Å². The lowest BCUT2D eigenvalue weighted by molar-refractivity contribution is -0.0285. The van der Waals surface area contributed by atoms with Crippen LogP contribution in [-0.2, 0) is 0 Å². The molecule has 3 saturated carbocycles. The Hall–Kier alpha value is -2.17. The van der Waals surface area contributed by atoms with Gasteiger partial charge < -0.3 is 14.8 Å². The van der Waals surface area contributed by atoms with Gasteiger partial charge in [0, 0.05) is 19.2 Å². The van der Waals surface area contributed by atoms with Gasteiger partial charge >= 0.3 is 0 Å². The number of ether oxygens (including phenoxy) is 1. The molecule has 7 heteroatoms. The average molecular weight is 472 g/mol. The van der Waals surface area contributed by atoms with Crippen LogP contribution >= 0.6 is 0 Å². The molecule has 4 aliphatic rings. The highest BCUT2D eigenvalue weighted by Gasteiger charge is 2.52. The molecule has 1 amide bonds. The number of nitrogens with zero attached hydrogens (tertiary/aromatic N) is 2. The summed E-state index contributed by atoms with van der Waals surface area (Å²) < 4.78 is 21.4. The van der Waals surface area contributed by atoms with Gasteiger partial charge in [-0.25, -0.2) is 10.3 Å². The van der Waals surface area contributed by atoms with Crippen molar-refractivity contribution in [2.45, 2.75) is 71.1 Å². The van der Waals surface area contributed by atoms with Gasteiger partial charge in [-0.3, -0.25) is 4.79 Å². The Morgan fingerprint density at radius 2 is 1.91 bits per heavy atom. The van der Waals surface area contributed by atoms with E-state index in [1.54, 1.807) is 11.0 Å². The van der Waals surface area contributed by atoms with Crippen molar-refractivity contribution in [2.75, 3.05) is 19.7 Å². The van der Waals surface area contributed by atoms with Gasteiger partial charge in [0.15, 0.2) is 0 Å². The topological polar surface area (TPSA) is 99.6 Å². The molecule has 1 aromatic rings. The van der Waals surface area contributed by atoms with E-state index in [1.165, 1.54) is 12.5 Å². The van der Waals surface area contributed by atoms with Crippen LogP contribution < -0.4 is 10.6 Å². The summed E-state index contributed by atoms with van der Waals surface area (Å²) in [5.41, 5.74) is 0.596. The largest absolute Gasteiger partial charge is 0.491 e. The van der Waals surface area contributed by atoms with E-state index in [1.807, 2.05) is 0 Å². The highest BCUT2D eigenvalue weighted by atomic mass is 19.1. The number of hydrogen-bond donors (Lipinski definition) is 2. The van der Waals surface area contributed by atoms with E-state index in [2.05, 4.69) is 25.8 Å². The second kappa shape index (κ2) is 10.2. The number of amides is 1. The second-order valence-electron chi connectivity index (χ2n) is 11.1. The van der Waals surface area contributed by atoms with E-state index < -0.39 is 11.2 Å². The van der Waals surface area contributed by atoms with Crippen molar-refractivity contribution in [2.24, 2.45) is 35.0 Å². The maximum atomic E-state index is 15.1. The summed E-state index contributed by atoms with van der Waals surface area (Å²) in [4.78, 5) is 14.6. The molecule has 5 atom stereocenters.